The molecule has 148 valence electrons. The normalized spacial score (nSPS) is 11.3. The van der Waals surface area contributed by atoms with Crippen molar-refractivity contribution in [1.82, 2.24) is 4.98 Å². The number of nitrogens with zero attached hydrogens (tertiary/aromatic N) is 1. The summed E-state index contributed by atoms with van der Waals surface area (Å²) in [6.45, 7) is 4.80. The van der Waals surface area contributed by atoms with E-state index < -0.39 is 0 Å². The fourth-order valence-corrected chi connectivity index (χ4v) is 3.92. The van der Waals surface area contributed by atoms with Crippen LogP contribution < -0.4 is 4.74 Å². The highest BCUT2D eigenvalue weighted by Gasteiger charge is 2.15. The lowest BCUT2D eigenvalue weighted by atomic mass is 10.1. The van der Waals surface area contributed by atoms with Crippen LogP contribution >= 0.6 is 0 Å². The minimum Gasteiger partial charge on any atom is -0.493 e. The third-order valence-corrected chi connectivity index (χ3v) is 5.59. The minimum atomic E-state index is 0.632. The molecule has 0 unspecified atom stereocenters. The Hall–Kier alpha value is -3.59. The predicted octanol–water partition coefficient (Wildman–Crippen LogP) is 6.89. The van der Waals surface area contributed by atoms with Gasteiger partial charge in [-0.25, -0.2) is 4.98 Å². The number of aromatic nitrogens is 1. The van der Waals surface area contributed by atoms with Gasteiger partial charge in [0.1, 0.15) is 17.0 Å². The zero-order chi connectivity index (χ0) is 20.5. The van der Waals surface area contributed by atoms with Crippen LogP contribution in [0.1, 0.15) is 16.7 Å². The van der Waals surface area contributed by atoms with Gasteiger partial charge in [0.25, 0.3) is 0 Å². The van der Waals surface area contributed by atoms with Crippen molar-refractivity contribution >= 4 is 21.9 Å². The van der Waals surface area contributed by atoms with Gasteiger partial charge in [0.2, 0.25) is 0 Å². The van der Waals surface area contributed by atoms with Crippen molar-refractivity contribution in [2.45, 2.75) is 20.3 Å². The maximum Gasteiger partial charge on any atom is 0.156 e. The molecule has 0 N–H and O–H groups in total. The molecule has 3 aromatic carbocycles. The Morgan fingerprint density at radius 1 is 0.800 bits per heavy atom. The van der Waals surface area contributed by atoms with Crippen LogP contribution in [0.4, 0.5) is 0 Å². The second kappa shape index (κ2) is 7.68. The average Bonchev–Trinajstić information content (AvgIpc) is 3.13. The van der Waals surface area contributed by atoms with E-state index in [4.69, 9.17) is 14.1 Å². The van der Waals surface area contributed by atoms with Crippen molar-refractivity contribution in [3.05, 3.63) is 95.6 Å². The number of aryl methyl sites for hydroxylation is 2. The molecule has 5 rings (SSSR count). The highest BCUT2D eigenvalue weighted by molar-refractivity contribution is 5.91. The van der Waals surface area contributed by atoms with Gasteiger partial charge in [0.15, 0.2) is 5.76 Å². The van der Waals surface area contributed by atoms with Crippen LogP contribution in [-0.4, -0.2) is 11.6 Å². The number of para-hydroxylation sites is 1. The van der Waals surface area contributed by atoms with Crippen molar-refractivity contribution in [2.75, 3.05) is 6.61 Å². The maximum absolute atomic E-state index is 6.13. The molecule has 0 amide bonds. The topological polar surface area (TPSA) is 35.3 Å². The number of hydrogen-bond acceptors (Lipinski definition) is 3. The highest BCUT2D eigenvalue weighted by atomic mass is 16.5. The predicted molar refractivity (Wildman–Crippen MR) is 122 cm³/mol. The fraction of sp³-hybridized carbons (Fsp3) is 0.148. The molecule has 0 spiro atoms. The lowest BCUT2D eigenvalue weighted by molar-refractivity contribution is 0.325. The summed E-state index contributed by atoms with van der Waals surface area (Å²) in [5, 5.41) is 2.16. The first kappa shape index (κ1) is 18.4. The van der Waals surface area contributed by atoms with Crippen molar-refractivity contribution in [2.24, 2.45) is 0 Å². The van der Waals surface area contributed by atoms with Gasteiger partial charge >= 0.3 is 0 Å². The van der Waals surface area contributed by atoms with Crippen molar-refractivity contribution < 1.29 is 9.15 Å². The van der Waals surface area contributed by atoms with Crippen molar-refractivity contribution in [3.8, 4) is 17.2 Å². The number of hydrogen-bond donors (Lipinski definition) is 0. The number of rotatable bonds is 5. The molecule has 0 bridgehead atoms. The number of ether oxygens (including phenoxy) is 1. The first-order chi connectivity index (χ1) is 14.7. The number of furan rings is 1. The van der Waals surface area contributed by atoms with Crippen LogP contribution in [0.15, 0.2) is 83.3 Å². The van der Waals surface area contributed by atoms with E-state index in [2.05, 4.69) is 56.3 Å². The van der Waals surface area contributed by atoms with Crippen LogP contribution in [0, 0.1) is 13.8 Å². The summed E-state index contributed by atoms with van der Waals surface area (Å²) in [6, 6.07) is 26.7. The van der Waals surface area contributed by atoms with E-state index in [1.54, 1.807) is 0 Å². The number of pyridine rings is 1. The molecular weight excluding hydrogens is 370 g/mol. The summed E-state index contributed by atoms with van der Waals surface area (Å²) in [5.41, 5.74) is 6.20. The molecule has 0 fully saturated rings. The van der Waals surface area contributed by atoms with Crippen LogP contribution in [0.25, 0.3) is 33.3 Å². The molecular formula is C27H23NO2. The lowest BCUT2D eigenvalue weighted by Gasteiger charge is -2.11. The highest BCUT2D eigenvalue weighted by Crippen LogP contribution is 2.35. The largest absolute Gasteiger partial charge is 0.493 e. The first-order valence-corrected chi connectivity index (χ1v) is 10.3. The Kier molecular flexibility index (Phi) is 4.72. The summed E-state index contributed by atoms with van der Waals surface area (Å²) >= 11 is 0. The average molecular weight is 393 g/mol. The van der Waals surface area contributed by atoms with Crippen molar-refractivity contribution in [3.63, 3.8) is 0 Å². The van der Waals surface area contributed by atoms with E-state index >= 15 is 0 Å². The third kappa shape index (κ3) is 3.33. The van der Waals surface area contributed by atoms with Gasteiger partial charge in [-0.3, -0.25) is 0 Å². The Morgan fingerprint density at radius 2 is 1.60 bits per heavy atom. The Bertz CT molecular complexity index is 1340. The summed E-state index contributed by atoms with van der Waals surface area (Å²) < 4.78 is 12.3. The zero-order valence-electron chi connectivity index (χ0n) is 17.2. The van der Waals surface area contributed by atoms with Crippen molar-refractivity contribution in [1.29, 1.82) is 0 Å². The molecule has 0 radical (unpaired) electrons. The molecule has 2 heterocycles. The summed E-state index contributed by atoms with van der Waals surface area (Å²) in [7, 11) is 0. The molecule has 5 aromatic rings. The molecule has 0 aliphatic rings. The Balaban J connectivity index is 1.48. The molecule has 0 aliphatic carbocycles. The van der Waals surface area contributed by atoms with Gasteiger partial charge < -0.3 is 9.15 Å². The van der Waals surface area contributed by atoms with E-state index in [0.29, 0.717) is 6.61 Å². The van der Waals surface area contributed by atoms with Crippen LogP contribution in [0.3, 0.4) is 0 Å². The van der Waals surface area contributed by atoms with E-state index in [9.17, 15) is 0 Å². The third-order valence-electron chi connectivity index (χ3n) is 5.59. The molecule has 0 aliphatic heterocycles. The Morgan fingerprint density at radius 3 is 2.43 bits per heavy atom. The van der Waals surface area contributed by atoms with Gasteiger partial charge in [-0.05, 0) is 49.2 Å². The summed E-state index contributed by atoms with van der Waals surface area (Å²) in [4.78, 5) is 4.95. The van der Waals surface area contributed by atoms with Crippen LogP contribution in [0.5, 0.6) is 5.75 Å². The standard InChI is InChI=1S/C27H23NO2/c1-18-12-15-24(29-17-16-20-8-4-3-5-9-20)22-13-14-23(28-26(18)22)27-19(2)21-10-6-7-11-25(21)30-27/h3-15H,16-17H2,1-2H3. The van der Waals surface area contributed by atoms with E-state index in [1.165, 1.54) is 5.56 Å². The van der Waals surface area contributed by atoms with Crippen LogP contribution in [0.2, 0.25) is 0 Å². The van der Waals surface area contributed by atoms with Gasteiger partial charge in [-0.2, -0.15) is 0 Å². The first-order valence-electron chi connectivity index (χ1n) is 10.3. The Labute approximate surface area is 175 Å². The smallest absolute Gasteiger partial charge is 0.156 e. The summed E-state index contributed by atoms with van der Waals surface area (Å²) in [6.07, 6.45) is 0.875. The second-order valence-electron chi connectivity index (χ2n) is 7.61. The minimum absolute atomic E-state index is 0.632. The lowest BCUT2D eigenvalue weighted by Crippen LogP contribution is -2.02. The molecule has 0 saturated heterocycles. The molecule has 0 atom stereocenters. The van der Waals surface area contributed by atoms with Gasteiger partial charge in [-0.15, -0.1) is 0 Å². The van der Waals surface area contributed by atoms with E-state index in [0.717, 1.165) is 56.6 Å². The molecule has 30 heavy (non-hydrogen) atoms. The zero-order valence-corrected chi connectivity index (χ0v) is 17.2. The maximum atomic E-state index is 6.13. The van der Waals surface area contributed by atoms with Gasteiger partial charge in [0.05, 0.1) is 12.1 Å². The molecule has 2 aromatic heterocycles. The molecule has 0 saturated carbocycles. The summed E-state index contributed by atoms with van der Waals surface area (Å²) in [5.74, 6) is 1.69. The second-order valence-corrected chi connectivity index (χ2v) is 7.61. The fourth-order valence-electron chi connectivity index (χ4n) is 3.92. The van der Waals surface area contributed by atoms with Gasteiger partial charge in [-0.1, -0.05) is 54.6 Å². The SMILES string of the molecule is Cc1c(-c2ccc3c(OCCc4ccccc4)ccc(C)c3n2)oc2ccccc12. The monoisotopic (exact) mass is 393 g/mol. The number of fused-ring (bicyclic) bond motifs is 2. The van der Waals surface area contributed by atoms with E-state index in [-0.39, 0.29) is 0 Å². The number of benzene rings is 3. The molecule has 3 heteroatoms. The van der Waals surface area contributed by atoms with Crippen LogP contribution in [-0.2, 0) is 6.42 Å². The quantitative estimate of drug-likeness (QED) is 0.326. The molecule has 3 nitrogen and oxygen atoms in total. The van der Waals surface area contributed by atoms with Gasteiger partial charge in [0, 0.05) is 22.8 Å². The van der Waals surface area contributed by atoms with E-state index in [1.807, 2.05) is 36.4 Å².